The van der Waals surface area contributed by atoms with Gasteiger partial charge in [-0.1, -0.05) is 25.1 Å². The van der Waals surface area contributed by atoms with Gasteiger partial charge in [-0.25, -0.2) is 4.79 Å². The number of nitrogens with one attached hydrogen (secondary N) is 1. The summed E-state index contributed by atoms with van der Waals surface area (Å²) in [6.07, 6.45) is 1.40. The highest BCUT2D eigenvalue weighted by Crippen LogP contribution is 2.40. The number of carbonyl (C=O) groups is 2. The zero-order chi connectivity index (χ0) is 15.4. The number of aromatic amines is 1. The Balaban J connectivity index is 1.82. The molecule has 1 saturated heterocycles. The largest absolute Gasteiger partial charge is 0.356 e. The highest BCUT2D eigenvalue weighted by molar-refractivity contribution is 6.05. The standard InChI is InChI=1S/C17H19N3O2/c1-3-8-19-16(21)14-9-12-11-6-4-5-7-13(11)18-15(12)10(2)20(14)17(19)22/h4-7,10,14,18H,3,8-9H2,1-2H3/t10-,14+/m1/s1. The first-order chi connectivity index (χ1) is 10.6. The maximum Gasteiger partial charge on any atom is 0.328 e. The van der Waals surface area contributed by atoms with Crippen LogP contribution in [-0.2, 0) is 11.2 Å². The predicted molar refractivity (Wildman–Crippen MR) is 83.4 cm³/mol. The van der Waals surface area contributed by atoms with E-state index >= 15 is 0 Å². The molecule has 0 unspecified atom stereocenters. The van der Waals surface area contributed by atoms with Crippen LogP contribution in [0.4, 0.5) is 4.79 Å². The number of aromatic nitrogens is 1. The van der Waals surface area contributed by atoms with Gasteiger partial charge in [-0.15, -0.1) is 0 Å². The van der Waals surface area contributed by atoms with Crippen molar-refractivity contribution in [3.05, 3.63) is 35.5 Å². The van der Waals surface area contributed by atoms with Gasteiger partial charge < -0.3 is 9.88 Å². The lowest BCUT2D eigenvalue weighted by atomic mass is 9.93. The Morgan fingerprint density at radius 1 is 1.27 bits per heavy atom. The molecule has 1 N–H and O–H groups in total. The molecule has 3 heterocycles. The van der Waals surface area contributed by atoms with Gasteiger partial charge in [-0.05, 0) is 25.0 Å². The lowest BCUT2D eigenvalue weighted by Gasteiger charge is -2.33. The van der Waals surface area contributed by atoms with Crippen LogP contribution in [0, 0.1) is 0 Å². The Morgan fingerprint density at radius 3 is 2.82 bits per heavy atom. The summed E-state index contributed by atoms with van der Waals surface area (Å²) in [5.41, 5.74) is 3.33. The van der Waals surface area contributed by atoms with Crippen molar-refractivity contribution < 1.29 is 9.59 Å². The molecule has 0 spiro atoms. The van der Waals surface area contributed by atoms with E-state index in [-0.39, 0.29) is 24.0 Å². The van der Waals surface area contributed by atoms with E-state index < -0.39 is 0 Å². The maximum atomic E-state index is 12.6. The Hall–Kier alpha value is -2.30. The monoisotopic (exact) mass is 297 g/mol. The molecule has 4 rings (SSSR count). The van der Waals surface area contributed by atoms with Gasteiger partial charge >= 0.3 is 6.03 Å². The maximum absolute atomic E-state index is 12.6. The molecule has 2 aliphatic rings. The number of H-pyrrole nitrogens is 1. The third kappa shape index (κ3) is 1.59. The van der Waals surface area contributed by atoms with Crippen LogP contribution in [0.1, 0.15) is 37.6 Å². The Kier molecular flexibility index (Phi) is 2.79. The van der Waals surface area contributed by atoms with Gasteiger partial charge in [0.05, 0.1) is 6.04 Å². The summed E-state index contributed by atoms with van der Waals surface area (Å²) in [5.74, 6) is -0.0466. The second kappa shape index (κ2) is 4.60. The van der Waals surface area contributed by atoms with Gasteiger partial charge in [-0.2, -0.15) is 0 Å². The molecule has 0 bridgehead atoms. The van der Waals surface area contributed by atoms with Gasteiger partial charge in [0.25, 0.3) is 5.91 Å². The molecule has 2 aromatic rings. The van der Waals surface area contributed by atoms with Gasteiger partial charge in [0.1, 0.15) is 6.04 Å². The topological polar surface area (TPSA) is 56.4 Å². The highest BCUT2D eigenvalue weighted by atomic mass is 16.2. The zero-order valence-corrected chi connectivity index (χ0v) is 12.8. The van der Waals surface area contributed by atoms with Crippen LogP contribution in [0.25, 0.3) is 10.9 Å². The van der Waals surface area contributed by atoms with E-state index in [0.717, 1.165) is 23.0 Å². The van der Waals surface area contributed by atoms with Crippen molar-refractivity contribution in [2.24, 2.45) is 0 Å². The number of benzene rings is 1. The number of carbonyl (C=O) groups excluding carboxylic acids is 2. The van der Waals surface area contributed by atoms with Crippen molar-refractivity contribution in [2.45, 2.75) is 38.8 Å². The average Bonchev–Trinajstić information content (AvgIpc) is 3.00. The molecule has 2 aliphatic heterocycles. The zero-order valence-electron chi connectivity index (χ0n) is 12.8. The fraction of sp³-hybridized carbons (Fsp3) is 0.412. The first-order valence-electron chi connectivity index (χ1n) is 7.86. The van der Waals surface area contributed by atoms with Crippen molar-refractivity contribution in [1.29, 1.82) is 0 Å². The number of nitrogens with zero attached hydrogens (tertiary/aromatic N) is 2. The lowest BCUT2D eigenvalue weighted by Crippen LogP contribution is -2.42. The smallest absolute Gasteiger partial charge is 0.328 e. The summed E-state index contributed by atoms with van der Waals surface area (Å²) in [6.45, 7) is 4.49. The molecule has 114 valence electrons. The SMILES string of the molecule is CCCN1C(=O)[C@@H]2Cc3c([nH]c4ccccc34)[C@@H](C)N2C1=O. The number of hydrogen-bond acceptors (Lipinski definition) is 2. The summed E-state index contributed by atoms with van der Waals surface area (Å²) in [6, 6.07) is 7.54. The molecule has 1 aromatic carbocycles. The van der Waals surface area contributed by atoms with E-state index in [1.165, 1.54) is 10.5 Å². The van der Waals surface area contributed by atoms with Crippen LogP contribution in [-0.4, -0.2) is 39.3 Å². The third-order valence-electron chi connectivity index (χ3n) is 4.87. The van der Waals surface area contributed by atoms with Crippen LogP contribution in [0.2, 0.25) is 0 Å². The van der Waals surface area contributed by atoms with E-state index in [9.17, 15) is 9.59 Å². The summed E-state index contributed by atoms with van der Waals surface area (Å²) in [4.78, 5) is 31.8. The van der Waals surface area contributed by atoms with Crippen molar-refractivity contribution >= 4 is 22.8 Å². The van der Waals surface area contributed by atoms with Crippen LogP contribution < -0.4 is 0 Å². The number of imide groups is 1. The predicted octanol–water partition coefficient (Wildman–Crippen LogP) is 2.83. The molecule has 0 saturated carbocycles. The van der Waals surface area contributed by atoms with Crippen molar-refractivity contribution in [3.63, 3.8) is 0 Å². The summed E-state index contributed by atoms with van der Waals surface area (Å²) in [7, 11) is 0. The van der Waals surface area contributed by atoms with Gasteiger partial charge in [0, 0.05) is 29.6 Å². The molecule has 5 heteroatoms. The van der Waals surface area contributed by atoms with Gasteiger partial charge in [0.15, 0.2) is 0 Å². The van der Waals surface area contributed by atoms with Crippen LogP contribution in [0.3, 0.4) is 0 Å². The van der Waals surface area contributed by atoms with Crippen LogP contribution in [0.15, 0.2) is 24.3 Å². The summed E-state index contributed by atoms with van der Waals surface area (Å²) >= 11 is 0. The van der Waals surface area contributed by atoms with Crippen molar-refractivity contribution in [2.75, 3.05) is 6.54 Å². The molecule has 22 heavy (non-hydrogen) atoms. The minimum Gasteiger partial charge on any atom is -0.356 e. The van der Waals surface area contributed by atoms with E-state index in [2.05, 4.69) is 11.1 Å². The molecule has 1 fully saturated rings. The first-order valence-corrected chi connectivity index (χ1v) is 7.86. The van der Waals surface area contributed by atoms with Gasteiger partial charge in [-0.3, -0.25) is 9.69 Å². The van der Waals surface area contributed by atoms with E-state index in [0.29, 0.717) is 13.0 Å². The lowest BCUT2D eigenvalue weighted by molar-refractivity contribution is -0.128. The molecule has 5 nitrogen and oxygen atoms in total. The summed E-state index contributed by atoms with van der Waals surface area (Å²) in [5, 5.41) is 1.16. The molecule has 0 radical (unpaired) electrons. The summed E-state index contributed by atoms with van der Waals surface area (Å²) < 4.78 is 0. The second-order valence-electron chi connectivity index (χ2n) is 6.14. The fourth-order valence-electron chi connectivity index (χ4n) is 3.85. The number of hydrogen-bond donors (Lipinski definition) is 1. The molecule has 1 aromatic heterocycles. The molecular weight excluding hydrogens is 278 g/mol. The number of amides is 3. The third-order valence-corrected chi connectivity index (χ3v) is 4.87. The normalized spacial score (nSPS) is 24.1. The Labute approximate surface area is 128 Å². The fourth-order valence-corrected chi connectivity index (χ4v) is 3.85. The van der Waals surface area contributed by atoms with E-state index in [1.807, 2.05) is 32.0 Å². The number of fused-ring (bicyclic) bond motifs is 4. The first kappa shape index (κ1) is 13.4. The van der Waals surface area contributed by atoms with E-state index in [1.54, 1.807) is 4.90 Å². The van der Waals surface area contributed by atoms with Gasteiger partial charge in [0.2, 0.25) is 0 Å². The Morgan fingerprint density at radius 2 is 2.05 bits per heavy atom. The molecule has 2 atom stereocenters. The average molecular weight is 297 g/mol. The minimum absolute atomic E-state index is 0.0466. The molecule has 0 aliphatic carbocycles. The number of urea groups is 1. The van der Waals surface area contributed by atoms with Crippen molar-refractivity contribution in [1.82, 2.24) is 14.8 Å². The Bertz CT molecular complexity index is 779. The molecule has 3 amide bonds. The highest BCUT2D eigenvalue weighted by Gasteiger charge is 2.50. The van der Waals surface area contributed by atoms with Crippen molar-refractivity contribution in [3.8, 4) is 0 Å². The minimum atomic E-state index is -0.347. The number of para-hydroxylation sites is 1. The van der Waals surface area contributed by atoms with Crippen LogP contribution in [0.5, 0.6) is 0 Å². The number of rotatable bonds is 2. The second-order valence-corrected chi connectivity index (χ2v) is 6.14. The quantitative estimate of drug-likeness (QED) is 0.867. The molecular formula is C17H19N3O2. The van der Waals surface area contributed by atoms with E-state index in [4.69, 9.17) is 0 Å². The van der Waals surface area contributed by atoms with Crippen LogP contribution >= 0.6 is 0 Å².